The molecule has 0 aliphatic heterocycles. The normalized spacial score (nSPS) is 35.9. The summed E-state index contributed by atoms with van der Waals surface area (Å²) in [5.41, 5.74) is 1.68. The third-order valence-corrected chi connectivity index (χ3v) is 11.3. The highest BCUT2D eigenvalue weighted by atomic mass is 16.6. The number of aliphatic carboxylic acids is 1. The summed E-state index contributed by atoms with van der Waals surface area (Å²) < 4.78 is 0. The molecule has 3 fully saturated rings. The van der Waals surface area contributed by atoms with E-state index in [2.05, 4.69) is 30.4 Å². The Bertz CT molecular complexity index is 1240. The van der Waals surface area contributed by atoms with Crippen LogP contribution >= 0.6 is 0 Å². The van der Waals surface area contributed by atoms with Gasteiger partial charge in [-0.25, -0.2) is 0 Å². The number of benzene rings is 1. The Morgan fingerprint density at radius 2 is 1.78 bits per heavy atom. The Morgan fingerprint density at radius 1 is 1.05 bits per heavy atom. The van der Waals surface area contributed by atoms with Gasteiger partial charge in [0.25, 0.3) is 5.91 Å². The first-order valence-electron chi connectivity index (χ1n) is 15.1. The molecule has 1 aromatic rings. The lowest BCUT2D eigenvalue weighted by Crippen LogP contribution is -2.57. The van der Waals surface area contributed by atoms with Gasteiger partial charge in [-0.05, 0) is 93.1 Å². The molecular formula is C33H44N2O6. The zero-order chi connectivity index (χ0) is 29.4. The molecule has 222 valence electrons. The third kappa shape index (κ3) is 5.36. The van der Waals surface area contributed by atoms with E-state index in [1.807, 2.05) is 30.3 Å². The average molecular weight is 565 g/mol. The minimum Gasteiger partial charge on any atom is -0.481 e. The highest BCUT2D eigenvalue weighted by molar-refractivity contribution is 5.96. The van der Waals surface area contributed by atoms with Crippen LogP contribution in [-0.2, 0) is 19.2 Å². The van der Waals surface area contributed by atoms with E-state index in [4.69, 9.17) is 4.84 Å². The second-order valence-corrected chi connectivity index (χ2v) is 13.3. The predicted octanol–water partition coefficient (Wildman–Crippen LogP) is 5.02. The Kier molecular flexibility index (Phi) is 8.16. The van der Waals surface area contributed by atoms with Gasteiger partial charge in [0, 0.05) is 17.9 Å². The Balaban J connectivity index is 1.18. The van der Waals surface area contributed by atoms with E-state index in [0.717, 1.165) is 56.2 Å². The second kappa shape index (κ2) is 11.3. The molecule has 0 saturated heterocycles. The molecule has 8 nitrogen and oxygen atoms in total. The molecule has 0 spiro atoms. The maximum Gasteiger partial charge on any atom is 0.304 e. The van der Waals surface area contributed by atoms with Crippen LogP contribution in [0.4, 0.5) is 0 Å². The molecule has 41 heavy (non-hydrogen) atoms. The van der Waals surface area contributed by atoms with Gasteiger partial charge in [-0.2, -0.15) is 0 Å². The number of carboxylic acids is 1. The number of nitrogens with one attached hydrogen (secondary N) is 1. The third-order valence-electron chi connectivity index (χ3n) is 11.3. The second-order valence-electron chi connectivity index (χ2n) is 13.3. The van der Waals surface area contributed by atoms with Crippen molar-refractivity contribution in [3.05, 3.63) is 47.5 Å². The summed E-state index contributed by atoms with van der Waals surface area (Å²) in [7, 11) is 0. The number of amides is 1. The maximum atomic E-state index is 12.5. The van der Waals surface area contributed by atoms with Crippen molar-refractivity contribution in [2.24, 2.45) is 33.7 Å². The number of hydrogen-bond donors (Lipinski definition) is 3. The molecule has 4 aliphatic rings. The van der Waals surface area contributed by atoms with Crippen LogP contribution in [0.5, 0.6) is 0 Å². The number of oxime groups is 1. The number of carbonyl (C=O) groups is 3. The zero-order valence-corrected chi connectivity index (χ0v) is 24.5. The van der Waals surface area contributed by atoms with E-state index in [0.29, 0.717) is 24.2 Å². The molecule has 3 saturated carbocycles. The van der Waals surface area contributed by atoms with Crippen LogP contribution in [0.2, 0.25) is 0 Å². The van der Waals surface area contributed by atoms with Crippen molar-refractivity contribution in [3.8, 4) is 0 Å². The number of carboxylic acid groups (broad SMARTS) is 1. The first-order chi connectivity index (χ1) is 19.5. The molecule has 0 heterocycles. The number of Topliss-reactive ketones (excluding diaryl/α,β-unsaturated/α-hetero) is 1. The van der Waals surface area contributed by atoms with E-state index < -0.39 is 11.6 Å². The molecule has 0 radical (unpaired) electrons. The molecule has 1 amide bonds. The van der Waals surface area contributed by atoms with Crippen molar-refractivity contribution in [2.75, 3.05) is 13.2 Å². The summed E-state index contributed by atoms with van der Waals surface area (Å²) in [5.74, 6) is -0.213. The molecule has 0 bridgehead atoms. The topological polar surface area (TPSA) is 125 Å². The van der Waals surface area contributed by atoms with Crippen molar-refractivity contribution < 1.29 is 29.4 Å². The standard InChI is InChI=1S/C33H44N2O6/c1-21(36)33(40)16-13-28-26-10-9-24-18-25(11-14-31(24,2)27(26)12-15-32(28,33)3)35-41-20-29(37)34-19-23(17-30(38)39)22-7-5-4-6-8-22/h4-8,18,23,26-28,40H,9-17,19-20H2,1-3H3,(H,34,37)(H,38,39)/b35-25+/t23-,26+,27+,28+,31-,32-,33-/m0/s1. The quantitative estimate of drug-likeness (QED) is 0.362. The fraction of sp³-hybridized carbons (Fsp3) is 0.636. The fourth-order valence-electron chi connectivity index (χ4n) is 8.94. The van der Waals surface area contributed by atoms with Crippen LogP contribution in [0.3, 0.4) is 0 Å². The molecule has 8 heteroatoms. The van der Waals surface area contributed by atoms with Crippen LogP contribution in [0.1, 0.15) is 90.0 Å². The van der Waals surface area contributed by atoms with E-state index in [1.165, 1.54) is 5.57 Å². The number of fused-ring (bicyclic) bond motifs is 5. The highest BCUT2D eigenvalue weighted by Crippen LogP contribution is 2.67. The van der Waals surface area contributed by atoms with Crippen molar-refractivity contribution >= 4 is 23.4 Å². The maximum absolute atomic E-state index is 12.5. The Morgan fingerprint density at radius 3 is 2.49 bits per heavy atom. The van der Waals surface area contributed by atoms with E-state index in [1.54, 1.807) is 6.92 Å². The van der Waals surface area contributed by atoms with E-state index in [-0.39, 0.29) is 48.0 Å². The lowest BCUT2D eigenvalue weighted by atomic mass is 9.46. The molecule has 3 N–H and O–H groups in total. The van der Waals surface area contributed by atoms with Gasteiger partial charge in [-0.15, -0.1) is 0 Å². The van der Waals surface area contributed by atoms with Gasteiger partial charge in [-0.3, -0.25) is 14.4 Å². The van der Waals surface area contributed by atoms with Gasteiger partial charge >= 0.3 is 5.97 Å². The Hall–Kier alpha value is -3.00. The van der Waals surface area contributed by atoms with Gasteiger partial charge < -0.3 is 20.4 Å². The average Bonchev–Trinajstić information content (AvgIpc) is 3.23. The van der Waals surface area contributed by atoms with Gasteiger partial charge in [-0.1, -0.05) is 54.9 Å². The summed E-state index contributed by atoms with van der Waals surface area (Å²) in [6.07, 6.45) is 9.31. The number of rotatable bonds is 9. The summed E-state index contributed by atoms with van der Waals surface area (Å²) in [5, 5.41) is 27.7. The summed E-state index contributed by atoms with van der Waals surface area (Å²) >= 11 is 0. The van der Waals surface area contributed by atoms with Gasteiger partial charge in [0.05, 0.1) is 12.1 Å². The van der Waals surface area contributed by atoms with Gasteiger partial charge in [0.1, 0.15) is 5.60 Å². The molecule has 7 atom stereocenters. The predicted molar refractivity (Wildman–Crippen MR) is 155 cm³/mol. The SMILES string of the molecule is CC(=O)[C@@]1(O)CC[C@@H]2[C@@H]3CCC4=C/C(=N/OCC(=O)NC[C@H](CC(=O)O)c5ccccc5)CC[C@]4(C)[C@@H]3CC[C@@]21C. The number of allylic oxidation sites excluding steroid dienone is 2. The summed E-state index contributed by atoms with van der Waals surface area (Å²) in [6, 6.07) is 9.32. The zero-order valence-electron chi connectivity index (χ0n) is 24.5. The van der Waals surface area contributed by atoms with Crippen LogP contribution in [0.25, 0.3) is 0 Å². The van der Waals surface area contributed by atoms with E-state index in [9.17, 15) is 24.6 Å². The first kappa shape index (κ1) is 29.5. The van der Waals surface area contributed by atoms with Crippen molar-refractivity contribution in [3.63, 3.8) is 0 Å². The monoisotopic (exact) mass is 564 g/mol. The lowest BCUT2D eigenvalue weighted by molar-refractivity contribution is -0.159. The molecule has 4 aliphatic carbocycles. The minimum absolute atomic E-state index is 0.0702. The van der Waals surface area contributed by atoms with Crippen molar-refractivity contribution in [2.45, 2.75) is 90.1 Å². The summed E-state index contributed by atoms with van der Waals surface area (Å²) in [6.45, 7) is 6.09. The molecule has 0 unspecified atom stereocenters. The number of carbonyl (C=O) groups excluding carboxylic acids is 2. The summed E-state index contributed by atoms with van der Waals surface area (Å²) in [4.78, 5) is 41.7. The molecular weight excluding hydrogens is 520 g/mol. The van der Waals surface area contributed by atoms with Crippen molar-refractivity contribution in [1.82, 2.24) is 5.32 Å². The molecule has 1 aromatic carbocycles. The fourth-order valence-corrected chi connectivity index (χ4v) is 8.94. The van der Waals surface area contributed by atoms with Crippen LogP contribution in [0, 0.1) is 28.6 Å². The highest BCUT2D eigenvalue weighted by Gasteiger charge is 2.65. The van der Waals surface area contributed by atoms with Crippen LogP contribution in [0.15, 0.2) is 47.1 Å². The molecule has 0 aromatic heterocycles. The number of ketones is 1. The van der Waals surface area contributed by atoms with Gasteiger partial charge in [0.2, 0.25) is 0 Å². The lowest BCUT2D eigenvalue weighted by Gasteiger charge is -2.59. The molecule has 5 rings (SSSR count). The van der Waals surface area contributed by atoms with E-state index >= 15 is 0 Å². The first-order valence-corrected chi connectivity index (χ1v) is 15.1. The largest absolute Gasteiger partial charge is 0.481 e. The van der Waals surface area contributed by atoms with Crippen molar-refractivity contribution in [1.29, 1.82) is 0 Å². The van der Waals surface area contributed by atoms with Crippen LogP contribution < -0.4 is 5.32 Å². The number of aliphatic hydroxyl groups is 1. The van der Waals surface area contributed by atoms with Crippen LogP contribution in [-0.4, -0.2) is 52.3 Å². The minimum atomic E-state index is -1.19. The number of nitrogens with zero attached hydrogens (tertiary/aromatic N) is 1. The number of hydrogen-bond acceptors (Lipinski definition) is 6. The van der Waals surface area contributed by atoms with Gasteiger partial charge in [0.15, 0.2) is 12.4 Å². The smallest absolute Gasteiger partial charge is 0.304 e. The Labute approximate surface area is 242 Å².